The van der Waals surface area contributed by atoms with Crippen LogP contribution in [0.5, 0.6) is 0 Å². The number of carboxylic acid groups (broad SMARTS) is 1. The standard InChI is InChI=1S/C9H7FN2O3/c10-7-2-11-8-6(9(14)15)1-5(4-13)3-12(7)8/h1-3,13H,4H2,(H,14,15). The smallest absolute Gasteiger partial charge is 0.339 e. The van der Waals surface area contributed by atoms with Crippen molar-refractivity contribution in [1.82, 2.24) is 9.38 Å². The molecular formula is C9H7FN2O3. The first-order chi connectivity index (χ1) is 7.13. The summed E-state index contributed by atoms with van der Waals surface area (Å²) in [7, 11) is 0. The number of halogens is 1. The molecule has 0 bridgehead atoms. The van der Waals surface area contributed by atoms with Crippen LogP contribution in [0.15, 0.2) is 18.5 Å². The Labute approximate surface area is 83.4 Å². The van der Waals surface area contributed by atoms with Gasteiger partial charge in [0.2, 0.25) is 5.95 Å². The van der Waals surface area contributed by atoms with Crippen molar-refractivity contribution in [2.45, 2.75) is 6.61 Å². The Kier molecular flexibility index (Phi) is 2.12. The number of carbonyl (C=O) groups is 1. The van der Waals surface area contributed by atoms with E-state index in [0.717, 1.165) is 10.6 Å². The zero-order valence-electron chi connectivity index (χ0n) is 7.51. The molecule has 5 nitrogen and oxygen atoms in total. The van der Waals surface area contributed by atoms with Crippen molar-refractivity contribution in [2.75, 3.05) is 0 Å². The molecule has 0 radical (unpaired) electrons. The molecule has 0 amide bonds. The Bertz CT molecular complexity index is 535. The van der Waals surface area contributed by atoms with Crippen LogP contribution < -0.4 is 0 Å². The summed E-state index contributed by atoms with van der Waals surface area (Å²) in [6.07, 6.45) is 2.24. The van der Waals surface area contributed by atoms with Gasteiger partial charge in [0, 0.05) is 6.20 Å². The number of carboxylic acids is 1. The average Bonchev–Trinajstić information content (AvgIpc) is 2.59. The first kappa shape index (κ1) is 9.60. The molecule has 2 N–H and O–H groups in total. The number of aromatic nitrogens is 2. The van der Waals surface area contributed by atoms with E-state index >= 15 is 0 Å². The molecule has 15 heavy (non-hydrogen) atoms. The lowest BCUT2D eigenvalue weighted by Gasteiger charge is -2.02. The van der Waals surface area contributed by atoms with Crippen molar-refractivity contribution in [3.8, 4) is 0 Å². The first-order valence-electron chi connectivity index (χ1n) is 4.13. The second-order valence-electron chi connectivity index (χ2n) is 3.00. The number of aliphatic hydroxyl groups excluding tert-OH is 1. The summed E-state index contributed by atoms with van der Waals surface area (Å²) < 4.78 is 14.1. The number of pyridine rings is 1. The zero-order chi connectivity index (χ0) is 11.0. The van der Waals surface area contributed by atoms with Gasteiger partial charge in [0.15, 0.2) is 5.65 Å². The Morgan fingerprint density at radius 3 is 2.93 bits per heavy atom. The maximum absolute atomic E-state index is 13.1. The minimum absolute atomic E-state index is 0.0252. The molecule has 0 saturated carbocycles. The van der Waals surface area contributed by atoms with Gasteiger partial charge in [-0.1, -0.05) is 0 Å². The fraction of sp³-hybridized carbons (Fsp3) is 0.111. The number of fused-ring (bicyclic) bond motifs is 1. The van der Waals surface area contributed by atoms with E-state index in [1.807, 2.05) is 0 Å². The van der Waals surface area contributed by atoms with Gasteiger partial charge < -0.3 is 10.2 Å². The van der Waals surface area contributed by atoms with Crippen LogP contribution in [0.4, 0.5) is 4.39 Å². The van der Waals surface area contributed by atoms with E-state index in [-0.39, 0.29) is 17.8 Å². The number of hydrogen-bond acceptors (Lipinski definition) is 3. The molecule has 2 rings (SSSR count). The molecule has 78 valence electrons. The molecule has 0 unspecified atom stereocenters. The third-order valence-electron chi connectivity index (χ3n) is 2.03. The Balaban J connectivity index is 2.82. The Morgan fingerprint density at radius 2 is 2.33 bits per heavy atom. The van der Waals surface area contributed by atoms with Crippen molar-refractivity contribution in [3.63, 3.8) is 0 Å². The predicted octanol–water partition coefficient (Wildman–Crippen LogP) is 0.664. The van der Waals surface area contributed by atoms with Gasteiger partial charge in [-0.15, -0.1) is 0 Å². The number of aromatic carboxylic acids is 1. The lowest BCUT2D eigenvalue weighted by Crippen LogP contribution is -2.04. The van der Waals surface area contributed by atoms with Gasteiger partial charge in [-0.05, 0) is 11.6 Å². The van der Waals surface area contributed by atoms with Crippen LogP contribution in [0.3, 0.4) is 0 Å². The topological polar surface area (TPSA) is 74.8 Å². The minimum Gasteiger partial charge on any atom is -0.478 e. The van der Waals surface area contributed by atoms with Crippen molar-refractivity contribution in [2.24, 2.45) is 0 Å². The van der Waals surface area contributed by atoms with Crippen LogP contribution in [-0.4, -0.2) is 25.6 Å². The summed E-state index contributed by atoms with van der Waals surface area (Å²) in [6, 6.07) is 1.27. The van der Waals surface area contributed by atoms with Gasteiger partial charge in [0.25, 0.3) is 0 Å². The fourth-order valence-electron chi connectivity index (χ4n) is 1.36. The summed E-state index contributed by atoms with van der Waals surface area (Å²) in [4.78, 5) is 14.5. The maximum Gasteiger partial charge on any atom is 0.339 e. The van der Waals surface area contributed by atoms with Crippen molar-refractivity contribution < 1.29 is 19.4 Å². The van der Waals surface area contributed by atoms with E-state index in [1.54, 1.807) is 0 Å². The minimum atomic E-state index is -1.21. The number of rotatable bonds is 2. The number of nitrogens with zero attached hydrogens (tertiary/aromatic N) is 2. The molecule has 0 aliphatic carbocycles. The third-order valence-corrected chi connectivity index (χ3v) is 2.03. The van der Waals surface area contributed by atoms with Gasteiger partial charge in [-0.2, -0.15) is 4.39 Å². The molecule has 2 aromatic rings. The molecule has 6 heteroatoms. The molecule has 2 heterocycles. The molecule has 0 aliphatic heterocycles. The number of hydrogen-bond donors (Lipinski definition) is 2. The highest BCUT2D eigenvalue weighted by molar-refractivity contribution is 5.94. The average molecular weight is 210 g/mol. The molecule has 0 spiro atoms. The second-order valence-corrected chi connectivity index (χ2v) is 3.00. The summed E-state index contributed by atoms with van der Waals surface area (Å²) >= 11 is 0. The zero-order valence-corrected chi connectivity index (χ0v) is 7.51. The van der Waals surface area contributed by atoms with E-state index in [2.05, 4.69) is 4.98 Å². The van der Waals surface area contributed by atoms with Gasteiger partial charge in [-0.25, -0.2) is 9.78 Å². The Morgan fingerprint density at radius 1 is 1.60 bits per heavy atom. The molecule has 0 aliphatic rings. The SMILES string of the molecule is O=C(O)c1cc(CO)cn2c(F)cnc12. The Hall–Kier alpha value is -1.95. The van der Waals surface area contributed by atoms with Crippen LogP contribution in [0, 0.1) is 5.95 Å². The summed E-state index contributed by atoms with van der Waals surface area (Å²) in [5.74, 6) is -1.87. The fourth-order valence-corrected chi connectivity index (χ4v) is 1.36. The van der Waals surface area contributed by atoms with Gasteiger partial charge in [0.1, 0.15) is 5.56 Å². The van der Waals surface area contributed by atoms with E-state index < -0.39 is 11.9 Å². The molecular weight excluding hydrogens is 203 g/mol. The lowest BCUT2D eigenvalue weighted by molar-refractivity contribution is 0.0698. The van der Waals surface area contributed by atoms with Crippen molar-refractivity contribution in [1.29, 1.82) is 0 Å². The highest BCUT2D eigenvalue weighted by Crippen LogP contribution is 2.14. The molecule has 0 saturated heterocycles. The highest BCUT2D eigenvalue weighted by atomic mass is 19.1. The van der Waals surface area contributed by atoms with Crippen LogP contribution in [-0.2, 0) is 6.61 Å². The van der Waals surface area contributed by atoms with E-state index in [9.17, 15) is 9.18 Å². The van der Waals surface area contributed by atoms with E-state index in [4.69, 9.17) is 10.2 Å². The van der Waals surface area contributed by atoms with E-state index in [1.165, 1.54) is 12.3 Å². The summed E-state index contributed by atoms with van der Waals surface area (Å²) in [5, 5.41) is 17.7. The second kappa shape index (κ2) is 3.32. The normalized spacial score (nSPS) is 10.8. The molecule has 0 fully saturated rings. The molecule has 0 atom stereocenters. The van der Waals surface area contributed by atoms with Gasteiger partial charge in [0.05, 0.1) is 12.8 Å². The quantitative estimate of drug-likeness (QED) is 0.763. The lowest BCUT2D eigenvalue weighted by atomic mass is 10.2. The molecule has 2 aromatic heterocycles. The highest BCUT2D eigenvalue weighted by Gasteiger charge is 2.14. The van der Waals surface area contributed by atoms with Crippen molar-refractivity contribution >= 4 is 11.6 Å². The molecule has 0 aromatic carbocycles. The first-order valence-corrected chi connectivity index (χ1v) is 4.13. The summed E-state index contributed by atoms with van der Waals surface area (Å²) in [5.41, 5.74) is 0.208. The van der Waals surface area contributed by atoms with Gasteiger partial charge >= 0.3 is 5.97 Å². The van der Waals surface area contributed by atoms with Gasteiger partial charge in [-0.3, -0.25) is 4.40 Å². The van der Waals surface area contributed by atoms with Crippen LogP contribution >= 0.6 is 0 Å². The van der Waals surface area contributed by atoms with Crippen LogP contribution in [0.25, 0.3) is 5.65 Å². The maximum atomic E-state index is 13.1. The summed E-state index contributed by atoms with van der Waals surface area (Å²) in [6.45, 7) is -0.353. The third kappa shape index (κ3) is 1.44. The van der Waals surface area contributed by atoms with Crippen molar-refractivity contribution in [3.05, 3.63) is 35.5 Å². The number of aliphatic hydroxyl groups is 1. The number of imidazole rings is 1. The van der Waals surface area contributed by atoms with Crippen LogP contribution in [0.2, 0.25) is 0 Å². The largest absolute Gasteiger partial charge is 0.478 e. The predicted molar refractivity (Wildman–Crippen MR) is 48.0 cm³/mol. The monoisotopic (exact) mass is 210 g/mol. The van der Waals surface area contributed by atoms with E-state index in [0.29, 0.717) is 5.56 Å². The van der Waals surface area contributed by atoms with Crippen LogP contribution in [0.1, 0.15) is 15.9 Å².